The molecule has 2 aliphatic heterocycles. The van der Waals surface area contributed by atoms with E-state index < -0.39 is 11.7 Å². The van der Waals surface area contributed by atoms with Crippen molar-refractivity contribution in [2.24, 2.45) is 5.92 Å². The minimum absolute atomic E-state index is 0.0102. The zero-order chi connectivity index (χ0) is 17.1. The minimum atomic E-state index is -0.530. The van der Waals surface area contributed by atoms with Gasteiger partial charge in [-0.3, -0.25) is 4.79 Å². The lowest BCUT2D eigenvalue weighted by Crippen LogP contribution is -2.51. The van der Waals surface area contributed by atoms with Gasteiger partial charge in [-0.1, -0.05) is 6.92 Å². The van der Waals surface area contributed by atoms with Crippen molar-refractivity contribution in [3.05, 3.63) is 29.6 Å². The van der Waals surface area contributed by atoms with Crippen molar-refractivity contribution in [1.29, 1.82) is 0 Å². The molecule has 2 aliphatic rings. The lowest BCUT2D eigenvalue weighted by atomic mass is 9.93. The van der Waals surface area contributed by atoms with Gasteiger partial charge in [0.2, 0.25) is 0 Å². The third-order valence-corrected chi connectivity index (χ3v) is 4.99. The van der Waals surface area contributed by atoms with Crippen LogP contribution in [0.4, 0.5) is 4.39 Å². The van der Waals surface area contributed by atoms with E-state index in [2.05, 4.69) is 17.1 Å². The second-order valence-electron chi connectivity index (χ2n) is 6.90. The van der Waals surface area contributed by atoms with Gasteiger partial charge in [-0.25, -0.2) is 4.39 Å². The number of hydrogen-bond donors (Lipinski definition) is 2. The van der Waals surface area contributed by atoms with Gasteiger partial charge < -0.3 is 20.1 Å². The third-order valence-electron chi connectivity index (χ3n) is 4.99. The molecule has 2 heterocycles. The van der Waals surface area contributed by atoms with E-state index in [0.29, 0.717) is 12.0 Å². The molecule has 2 saturated heterocycles. The number of hydrogen-bond acceptors (Lipinski definition) is 4. The zero-order valence-corrected chi connectivity index (χ0v) is 14.0. The van der Waals surface area contributed by atoms with Gasteiger partial charge in [-0.2, -0.15) is 0 Å². The van der Waals surface area contributed by atoms with Crippen LogP contribution in [0.1, 0.15) is 36.5 Å². The molecular weight excluding hydrogens is 311 g/mol. The number of nitrogens with zero attached hydrogens (tertiary/aromatic N) is 1. The first kappa shape index (κ1) is 17.2. The molecule has 2 N–H and O–H groups in total. The largest absolute Gasteiger partial charge is 0.507 e. The maximum atomic E-state index is 13.3. The lowest BCUT2D eigenvalue weighted by Gasteiger charge is -2.38. The van der Waals surface area contributed by atoms with Crippen molar-refractivity contribution in [1.82, 2.24) is 10.2 Å². The highest BCUT2D eigenvalue weighted by Gasteiger charge is 2.30. The van der Waals surface area contributed by atoms with Gasteiger partial charge in [0.05, 0.1) is 11.7 Å². The average molecular weight is 336 g/mol. The first-order valence-corrected chi connectivity index (χ1v) is 8.66. The standard InChI is InChI=1S/C18H25FN2O3/c1-12-10-21(11-14-3-2-8-24-14)7-6-16(12)20-18(23)15-9-13(19)4-5-17(15)22/h4-5,9,12,14,16,22H,2-3,6-8,10-11H2,1H3,(H,20,23)/t12-,14-,16+/m1/s1. The summed E-state index contributed by atoms with van der Waals surface area (Å²) < 4.78 is 19.0. The van der Waals surface area contributed by atoms with Crippen LogP contribution in [-0.2, 0) is 4.74 Å². The van der Waals surface area contributed by atoms with E-state index in [1.807, 2.05) is 0 Å². The fourth-order valence-corrected chi connectivity index (χ4v) is 3.62. The molecule has 132 valence electrons. The summed E-state index contributed by atoms with van der Waals surface area (Å²) in [5.41, 5.74) is -0.0102. The number of amides is 1. The highest BCUT2D eigenvalue weighted by atomic mass is 19.1. The fraction of sp³-hybridized carbons (Fsp3) is 0.611. The van der Waals surface area contributed by atoms with Crippen LogP contribution in [0.5, 0.6) is 5.75 Å². The number of phenols is 1. The van der Waals surface area contributed by atoms with Gasteiger partial charge in [-0.05, 0) is 43.4 Å². The van der Waals surface area contributed by atoms with Crippen LogP contribution in [0, 0.1) is 11.7 Å². The summed E-state index contributed by atoms with van der Waals surface area (Å²) in [5, 5.41) is 12.7. The maximum absolute atomic E-state index is 13.3. The van der Waals surface area contributed by atoms with E-state index in [-0.39, 0.29) is 17.4 Å². The first-order chi connectivity index (χ1) is 11.5. The van der Waals surface area contributed by atoms with Crippen LogP contribution in [0.3, 0.4) is 0 Å². The molecule has 0 radical (unpaired) electrons. The number of phenolic OH excluding ortho intramolecular Hbond substituents is 1. The predicted octanol–water partition coefficient (Wildman–Crippen LogP) is 2.15. The first-order valence-electron chi connectivity index (χ1n) is 8.66. The third kappa shape index (κ3) is 4.05. The van der Waals surface area contributed by atoms with Gasteiger partial charge in [-0.15, -0.1) is 0 Å². The van der Waals surface area contributed by atoms with E-state index in [1.54, 1.807) is 0 Å². The molecule has 3 rings (SSSR count). The van der Waals surface area contributed by atoms with Crippen LogP contribution in [0.2, 0.25) is 0 Å². The Kier molecular flexibility index (Phi) is 5.36. The molecule has 24 heavy (non-hydrogen) atoms. The second-order valence-corrected chi connectivity index (χ2v) is 6.90. The van der Waals surface area contributed by atoms with E-state index >= 15 is 0 Å². The molecule has 0 spiro atoms. The summed E-state index contributed by atoms with van der Waals surface area (Å²) in [6.45, 7) is 5.74. The molecular formula is C18H25FN2O3. The Morgan fingerprint density at radius 1 is 1.46 bits per heavy atom. The molecule has 0 bridgehead atoms. The summed E-state index contributed by atoms with van der Waals surface area (Å²) in [7, 11) is 0. The topological polar surface area (TPSA) is 61.8 Å². The molecule has 0 saturated carbocycles. The van der Waals surface area contributed by atoms with Crippen LogP contribution in [0.25, 0.3) is 0 Å². The Hall–Kier alpha value is -1.66. The number of benzene rings is 1. The van der Waals surface area contributed by atoms with Gasteiger partial charge in [0.1, 0.15) is 11.6 Å². The number of carbonyl (C=O) groups is 1. The highest BCUT2D eigenvalue weighted by Crippen LogP contribution is 2.22. The molecule has 6 heteroatoms. The summed E-state index contributed by atoms with van der Waals surface area (Å²) in [5.74, 6) is -0.856. The Balaban J connectivity index is 1.54. The monoisotopic (exact) mass is 336 g/mol. The molecule has 1 aromatic carbocycles. The van der Waals surface area contributed by atoms with Gasteiger partial charge in [0.25, 0.3) is 5.91 Å². The van der Waals surface area contributed by atoms with E-state index in [9.17, 15) is 14.3 Å². The van der Waals surface area contributed by atoms with Crippen LogP contribution in [-0.4, -0.2) is 54.3 Å². The average Bonchev–Trinajstić information content (AvgIpc) is 3.05. The van der Waals surface area contributed by atoms with E-state index in [1.165, 1.54) is 6.07 Å². The second kappa shape index (κ2) is 7.49. The van der Waals surface area contributed by atoms with Crippen molar-refractivity contribution in [3.63, 3.8) is 0 Å². The van der Waals surface area contributed by atoms with E-state index in [0.717, 1.165) is 57.6 Å². The number of ether oxygens (including phenoxy) is 1. The van der Waals surface area contributed by atoms with Crippen LogP contribution in [0.15, 0.2) is 18.2 Å². The molecule has 2 fully saturated rings. The Bertz CT molecular complexity index is 590. The minimum Gasteiger partial charge on any atom is -0.507 e. The number of halogens is 1. The summed E-state index contributed by atoms with van der Waals surface area (Å²) in [4.78, 5) is 14.7. The number of aromatic hydroxyl groups is 1. The smallest absolute Gasteiger partial charge is 0.255 e. The maximum Gasteiger partial charge on any atom is 0.255 e. The van der Waals surface area contributed by atoms with Gasteiger partial charge >= 0.3 is 0 Å². The molecule has 1 amide bonds. The van der Waals surface area contributed by atoms with E-state index in [4.69, 9.17) is 4.74 Å². The van der Waals surface area contributed by atoms with Crippen molar-refractivity contribution in [3.8, 4) is 5.75 Å². The number of piperidine rings is 1. The predicted molar refractivity (Wildman–Crippen MR) is 88.5 cm³/mol. The van der Waals surface area contributed by atoms with Crippen molar-refractivity contribution in [2.75, 3.05) is 26.2 Å². The van der Waals surface area contributed by atoms with Crippen molar-refractivity contribution >= 4 is 5.91 Å². The summed E-state index contributed by atoms with van der Waals surface area (Å²) in [6, 6.07) is 3.44. The zero-order valence-electron chi connectivity index (χ0n) is 14.0. The number of carbonyl (C=O) groups excluding carboxylic acids is 1. The van der Waals surface area contributed by atoms with Crippen molar-refractivity contribution in [2.45, 2.75) is 38.3 Å². The quantitative estimate of drug-likeness (QED) is 0.884. The fourth-order valence-electron chi connectivity index (χ4n) is 3.62. The lowest BCUT2D eigenvalue weighted by molar-refractivity contribution is 0.0498. The van der Waals surface area contributed by atoms with Crippen LogP contribution >= 0.6 is 0 Å². The molecule has 5 nitrogen and oxygen atoms in total. The number of rotatable bonds is 4. The summed E-state index contributed by atoms with van der Waals surface area (Å²) in [6.07, 6.45) is 3.45. The van der Waals surface area contributed by atoms with Gasteiger partial charge in [0.15, 0.2) is 0 Å². The SMILES string of the molecule is C[C@@H]1CN(C[C@H]2CCCO2)CC[C@@H]1NC(=O)c1cc(F)ccc1O. The molecule has 3 atom stereocenters. The van der Waals surface area contributed by atoms with Crippen molar-refractivity contribution < 1.29 is 19.0 Å². The highest BCUT2D eigenvalue weighted by molar-refractivity contribution is 5.97. The molecule has 0 aromatic heterocycles. The number of likely N-dealkylation sites (tertiary alicyclic amines) is 1. The summed E-state index contributed by atoms with van der Waals surface area (Å²) >= 11 is 0. The van der Waals surface area contributed by atoms with Gasteiger partial charge in [0, 0.05) is 32.3 Å². The molecule has 0 aliphatic carbocycles. The Morgan fingerprint density at radius 3 is 3.00 bits per heavy atom. The normalized spacial score (nSPS) is 28.0. The Labute approximate surface area is 141 Å². The van der Waals surface area contributed by atoms with Crippen LogP contribution < -0.4 is 5.32 Å². The Morgan fingerprint density at radius 2 is 2.29 bits per heavy atom. The number of nitrogens with one attached hydrogen (secondary N) is 1. The molecule has 0 unspecified atom stereocenters. The molecule has 1 aromatic rings.